The Kier molecular flexibility index (Phi) is 2.79. The van der Waals surface area contributed by atoms with E-state index in [4.69, 9.17) is 4.98 Å². The second-order valence-corrected chi connectivity index (χ2v) is 7.45. The van der Waals surface area contributed by atoms with Crippen molar-refractivity contribution in [3.63, 3.8) is 0 Å². The molecule has 0 aliphatic heterocycles. The first-order chi connectivity index (χ1) is 12.1. The first kappa shape index (κ1) is 14.5. The molecule has 4 aromatic rings. The Morgan fingerprint density at radius 1 is 0.840 bits per heavy atom. The molecule has 122 valence electrons. The molecule has 5 rings (SSSR count). The van der Waals surface area contributed by atoms with Crippen LogP contribution in [0.4, 0.5) is 0 Å². The van der Waals surface area contributed by atoms with Gasteiger partial charge in [0.15, 0.2) is 0 Å². The quantitative estimate of drug-likeness (QED) is 0.449. The number of rotatable bonds is 1. The summed E-state index contributed by atoms with van der Waals surface area (Å²) in [5.74, 6) is 0. The van der Waals surface area contributed by atoms with Gasteiger partial charge in [0.1, 0.15) is 5.65 Å². The molecule has 2 aromatic heterocycles. The molecular weight excluding hydrogens is 304 g/mol. The summed E-state index contributed by atoms with van der Waals surface area (Å²) in [4.78, 5) is 5.13. The zero-order valence-corrected chi connectivity index (χ0v) is 14.7. The van der Waals surface area contributed by atoms with Gasteiger partial charge in [-0.15, -0.1) is 0 Å². The lowest BCUT2D eigenvalue weighted by atomic mass is 9.85. The van der Waals surface area contributed by atoms with Crippen molar-refractivity contribution in [2.24, 2.45) is 7.05 Å². The molecule has 25 heavy (non-hydrogen) atoms. The molecule has 1 aliphatic carbocycles. The van der Waals surface area contributed by atoms with Crippen LogP contribution in [0.3, 0.4) is 0 Å². The number of aryl methyl sites for hydroxylation is 1. The van der Waals surface area contributed by atoms with Crippen molar-refractivity contribution < 1.29 is 0 Å². The van der Waals surface area contributed by atoms with Crippen LogP contribution in [0.15, 0.2) is 66.9 Å². The number of aromatic nitrogens is 2. The standard InChI is InChI=1S/C23H20N2/c1-23(2)20-12-8-7-11-16(20)17-13-18-19(15-9-5-4-6-10-15)14-25(3)22(18)24-21(17)23/h4-14H,1-3H3. The molecule has 0 amide bonds. The summed E-state index contributed by atoms with van der Waals surface area (Å²) in [6.07, 6.45) is 2.20. The largest absolute Gasteiger partial charge is 0.335 e. The van der Waals surface area contributed by atoms with E-state index in [2.05, 4.69) is 92.3 Å². The first-order valence-corrected chi connectivity index (χ1v) is 8.73. The average molecular weight is 324 g/mol. The summed E-state index contributed by atoms with van der Waals surface area (Å²) in [7, 11) is 2.09. The number of nitrogens with zero attached hydrogens (tertiary/aromatic N) is 2. The molecule has 2 heterocycles. The lowest BCUT2D eigenvalue weighted by Gasteiger charge is -2.20. The van der Waals surface area contributed by atoms with Crippen LogP contribution in [-0.2, 0) is 12.5 Å². The predicted octanol–water partition coefficient (Wildman–Crippen LogP) is 5.55. The molecule has 0 fully saturated rings. The van der Waals surface area contributed by atoms with E-state index in [-0.39, 0.29) is 5.41 Å². The van der Waals surface area contributed by atoms with Gasteiger partial charge in [-0.05, 0) is 22.8 Å². The van der Waals surface area contributed by atoms with Crippen molar-refractivity contribution in [3.05, 3.63) is 78.1 Å². The Hall–Kier alpha value is -2.87. The average Bonchev–Trinajstić information content (AvgIpc) is 3.08. The maximum Gasteiger partial charge on any atom is 0.140 e. The minimum atomic E-state index is -0.0582. The highest BCUT2D eigenvalue weighted by Crippen LogP contribution is 2.49. The SMILES string of the molecule is Cn1cc(-c2ccccc2)c2cc3c(nc21)C(C)(C)c1ccccc1-3. The summed E-state index contributed by atoms with van der Waals surface area (Å²) in [5.41, 5.74) is 8.62. The van der Waals surface area contributed by atoms with E-state index in [1.165, 1.54) is 38.9 Å². The van der Waals surface area contributed by atoms with Gasteiger partial charge in [-0.2, -0.15) is 0 Å². The highest BCUT2D eigenvalue weighted by molar-refractivity contribution is 5.98. The van der Waals surface area contributed by atoms with E-state index < -0.39 is 0 Å². The second kappa shape index (κ2) is 4.82. The van der Waals surface area contributed by atoms with Gasteiger partial charge >= 0.3 is 0 Å². The monoisotopic (exact) mass is 324 g/mol. The zero-order valence-electron chi connectivity index (χ0n) is 14.7. The second-order valence-electron chi connectivity index (χ2n) is 7.45. The van der Waals surface area contributed by atoms with Crippen molar-refractivity contribution in [1.82, 2.24) is 9.55 Å². The highest BCUT2D eigenvalue weighted by Gasteiger charge is 2.37. The summed E-state index contributed by atoms with van der Waals surface area (Å²) in [5, 5.41) is 1.22. The van der Waals surface area contributed by atoms with Crippen LogP contribution < -0.4 is 0 Å². The molecule has 0 radical (unpaired) electrons. The Morgan fingerprint density at radius 3 is 2.36 bits per heavy atom. The van der Waals surface area contributed by atoms with Gasteiger partial charge in [0.05, 0.1) is 5.69 Å². The van der Waals surface area contributed by atoms with Gasteiger partial charge in [0, 0.05) is 35.2 Å². The number of hydrogen-bond donors (Lipinski definition) is 0. The van der Waals surface area contributed by atoms with E-state index in [1.54, 1.807) is 0 Å². The molecule has 0 atom stereocenters. The van der Waals surface area contributed by atoms with E-state index in [1.807, 2.05) is 0 Å². The molecule has 0 spiro atoms. The lowest BCUT2D eigenvalue weighted by Crippen LogP contribution is -2.16. The lowest BCUT2D eigenvalue weighted by molar-refractivity contribution is 0.638. The van der Waals surface area contributed by atoms with Crippen molar-refractivity contribution >= 4 is 11.0 Å². The van der Waals surface area contributed by atoms with Gasteiger partial charge in [-0.1, -0.05) is 68.4 Å². The van der Waals surface area contributed by atoms with Crippen molar-refractivity contribution in [2.45, 2.75) is 19.3 Å². The predicted molar refractivity (Wildman–Crippen MR) is 104 cm³/mol. The van der Waals surface area contributed by atoms with E-state index in [0.29, 0.717) is 0 Å². The number of hydrogen-bond acceptors (Lipinski definition) is 1. The molecule has 1 aliphatic rings. The third kappa shape index (κ3) is 1.88. The van der Waals surface area contributed by atoms with Crippen molar-refractivity contribution in [3.8, 4) is 22.3 Å². The summed E-state index contributed by atoms with van der Waals surface area (Å²) in [6.45, 7) is 4.55. The molecule has 0 bridgehead atoms. The highest BCUT2D eigenvalue weighted by atomic mass is 15.0. The first-order valence-electron chi connectivity index (χ1n) is 8.73. The molecule has 2 aromatic carbocycles. The van der Waals surface area contributed by atoms with Crippen LogP contribution in [0.1, 0.15) is 25.1 Å². The molecule has 2 nitrogen and oxygen atoms in total. The van der Waals surface area contributed by atoms with Crippen molar-refractivity contribution in [1.29, 1.82) is 0 Å². The van der Waals surface area contributed by atoms with Crippen LogP contribution in [0.25, 0.3) is 33.3 Å². The van der Waals surface area contributed by atoms with E-state index >= 15 is 0 Å². The maximum atomic E-state index is 5.13. The Bertz CT molecular complexity index is 1120. The van der Waals surface area contributed by atoms with Crippen LogP contribution in [0, 0.1) is 0 Å². The van der Waals surface area contributed by atoms with E-state index in [0.717, 1.165) is 5.65 Å². The molecule has 0 N–H and O–H groups in total. The van der Waals surface area contributed by atoms with Gasteiger partial charge in [0.25, 0.3) is 0 Å². The van der Waals surface area contributed by atoms with Gasteiger partial charge in [-0.3, -0.25) is 0 Å². The fourth-order valence-electron chi connectivity index (χ4n) is 4.22. The number of fused-ring (bicyclic) bond motifs is 4. The van der Waals surface area contributed by atoms with Gasteiger partial charge in [-0.25, -0.2) is 4.98 Å². The summed E-state index contributed by atoms with van der Waals surface area (Å²) < 4.78 is 2.15. The van der Waals surface area contributed by atoms with Crippen LogP contribution in [-0.4, -0.2) is 9.55 Å². The topological polar surface area (TPSA) is 17.8 Å². The van der Waals surface area contributed by atoms with Crippen molar-refractivity contribution in [2.75, 3.05) is 0 Å². The fourth-order valence-corrected chi connectivity index (χ4v) is 4.22. The smallest absolute Gasteiger partial charge is 0.140 e. The Balaban J connectivity index is 1.86. The van der Waals surface area contributed by atoms with Crippen LogP contribution >= 0.6 is 0 Å². The number of pyridine rings is 1. The Morgan fingerprint density at radius 2 is 1.56 bits per heavy atom. The maximum absolute atomic E-state index is 5.13. The zero-order chi connectivity index (χ0) is 17.2. The normalized spacial score (nSPS) is 14.5. The van der Waals surface area contributed by atoms with Crippen LogP contribution in [0.5, 0.6) is 0 Å². The minimum Gasteiger partial charge on any atom is -0.335 e. The minimum absolute atomic E-state index is 0.0582. The molecule has 0 unspecified atom stereocenters. The molecular formula is C23H20N2. The third-order valence-electron chi connectivity index (χ3n) is 5.52. The summed E-state index contributed by atoms with van der Waals surface area (Å²) >= 11 is 0. The Labute approximate surface area is 147 Å². The number of benzene rings is 2. The fraction of sp³-hybridized carbons (Fsp3) is 0.174. The van der Waals surface area contributed by atoms with Gasteiger partial charge < -0.3 is 4.57 Å². The molecule has 2 heteroatoms. The molecule has 0 saturated carbocycles. The summed E-state index contributed by atoms with van der Waals surface area (Å²) in [6, 6.07) is 21.6. The van der Waals surface area contributed by atoms with Crippen LogP contribution in [0.2, 0.25) is 0 Å². The van der Waals surface area contributed by atoms with E-state index in [9.17, 15) is 0 Å². The third-order valence-corrected chi connectivity index (χ3v) is 5.52. The molecule has 0 saturated heterocycles. The van der Waals surface area contributed by atoms with Gasteiger partial charge in [0.2, 0.25) is 0 Å².